The number of nitrogens with one attached hydrogen (secondary N) is 2. The van der Waals surface area contributed by atoms with E-state index in [2.05, 4.69) is 23.3 Å². The first-order valence-electron chi connectivity index (χ1n) is 4.86. The summed E-state index contributed by atoms with van der Waals surface area (Å²) >= 11 is 0. The molecule has 0 spiro atoms. The molecule has 0 unspecified atom stereocenters. The van der Waals surface area contributed by atoms with E-state index in [0.717, 1.165) is 25.2 Å². The molecule has 1 aliphatic heterocycles. The monoisotopic (exact) mass is 180 g/mol. The first-order chi connectivity index (χ1) is 6.36. The summed E-state index contributed by atoms with van der Waals surface area (Å²) in [6.07, 6.45) is 3.63. The van der Waals surface area contributed by atoms with Gasteiger partial charge in [-0.2, -0.15) is 0 Å². The highest BCUT2D eigenvalue weighted by Crippen LogP contribution is 2.18. The molecule has 0 aromatic carbocycles. The zero-order chi connectivity index (χ0) is 9.10. The van der Waals surface area contributed by atoms with Crippen molar-refractivity contribution in [2.24, 2.45) is 0 Å². The fraction of sp³-hybridized carbons (Fsp3) is 0.600. The molecule has 1 aromatic heterocycles. The number of hydrogen-bond acceptors (Lipinski definition) is 2. The number of H-pyrrole nitrogens is 1. The van der Waals surface area contributed by atoms with Gasteiger partial charge in [-0.3, -0.25) is 0 Å². The Bertz CT molecular complexity index is 239. The van der Waals surface area contributed by atoms with Crippen LogP contribution in [0.15, 0.2) is 18.3 Å². The molecule has 2 N–H and O–H groups in total. The summed E-state index contributed by atoms with van der Waals surface area (Å²) in [5.41, 5.74) is 1.16. The van der Waals surface area contributed by atoms with Gasteiger partial charge >= 0.3 is 0 Å². The van der Waals surface area contributed by atoms with Crippen LogP contribution in [0.1, 0.15) is 25.1 Å². The first kappa shape index (κ1) is 8.78. The lowest BCUT2D eigenvalue weighted by molar-refractivity contribution is 0.00629. The number of ether oxygens (including phenoxy) is 1. The van der Waals surface area contributed by atoms with Gasteiger partial charge in [0.25, 0.3) is 0 Å². The molecule has 2 atom stereocenters. The minimum absolute atomic E-state index is 0.180. The van der Waals surface area contributed by atoms with E-state index in [1.807, 2.05) is 12.3 Å². The van der Waals surface area contributed by atoms with Gasteiger partial charge in [-0.1, -0.05) is 0 Å². The number of aromatic nitrogens is 1. The zero-order valence-electron chi connectivity index (χ0n) is 7.92. The van der Waals surface area contributed by atoms with E-state index < -0.39 is 0 Å². The van der Waals surface area contributed by atoms with Crippen LogP contribution < -0.4 is 5.32 Å². The van der Waals surface area contributed by atoms with E-state index in [1.54, 1.807) is 0 Å². The molecule has 0 aliphatic carbocycles. The summed E-state index contributed by atoms with van der Waals surface area (Å²) in [7, 11) is 0. The molecule has 2 rings (SSSR count). The van der Waals surface area contributed by atoms with Gasteiger partial charge in [0.2, 0.25) is 0 Å². The molecule has 0 saturated carbocycles. The van der Waals surface area contributed by atoms with Gasteiger partial charge in [0.1, 0.15) is 0 Å². The predicted molar refractivity (Wildman–Crippen MR) is 51.6 cm³/mol. The highest BCUT2D eigenvalue weighted by Gasteiger charge is 2.18. The van der Waals surface area contributed by atoms with Crippen molar-refractivity contribution in [3.63, 3.8) is 0 Å². The quantitative estimate of drug-likeness (QED) is 0.738. The molecule has 3 heteroatoms. The molecule has 1 aliphatic rings. The van der Waals surface area contributed by atoms with Gasteiger partial charge in [0.15, 0.2) is 0 Å². The molecule has 1 saturated heterocycles. The smallest absolute Gasteiger partial charge is 0.0948 e. The predicted octanol–water partition coefficient (Wildman–Crippen LogP) is 1.45. The summed E-state index contributed by atoms with van der Waals surface area (Å²) in [4.78, 5) is 3.17. The van der Waals surface area contributed by atoms with Crippen LogP contribution >= 0.6 is 0 Å². The largest absolute Gasteiger partial charge is 0.368 e. The summed E-state index contributed by atoms with van der Waals surface area (Å²) in [5.74, 6) is 0. The standard InChI is InChI=1S/C10H16N2O/c1-8(10-3-2-5-12-10)13-9-4-6-11-7-9/h2-3,5,8-9,11-12H,4,6-7H2,1H3/t8-,9+/m1/s1. The first-order valence-corrected chi connectivity index (χ1v) is 4.86. The van der Waals surface area contributed by atoms with E-state index in [0.29, 0.717) is 6.10 Å². The van der Waals surface area contributed by atoms with Crippen molar-refractivity contribution in [3.05, 3.63) is 24.0 Å². The Hall–Kier alpha value is -0.800. The zero-order valence-corrected chi connectivity index (χ0v) is 7.92. The number of hydrogen-bond donors (Lipinski definition) is 2. The minimum Gasteiger partial charge on any atom is -0.368 e. The van der Waals surface area contributed by atoms with E-state index in [4.69, 9.17) is 4.74 Å². The molecule has 1 aromatic rings. The Balaban J connectivity index is 1.87. The van der Waals surface area contributed by atoms with Gasteiger partial charge in [0, 0.05) is 18.4 Å². The van der Waals surface area contributed by atoms with Crippen molar-refractivity contribution in [3.8, 4) is 0 Å². The topological polar surface area (TPSA) is 37.0 Å². The lowest BCUT2D eigenvalue weighted by Gasteiger charge is -2.16. The van der Waals surface area contributed by atoms with Crippen molar-refractivity contribution < 1.29 is 4.74 Å². The van der Waals surface area contributed by atoms with Gasteiger partial charge in [-0.05, 0) is 32.0 Å². The second kappa shape index (κ2) is 3.94. The molecule has 72 valence electrons. The van der Waals surface area contributed by atoms with Crippen LogP contribution in [0.25, 0.3) is 0 Å². The second-order valence-electron chi connectivity index (χ2n) is 3.52. The third-order valence-electron chi connectivity index (χ3n) is 2.47. The highest BCUT2D eigenvalue weighted by atomic mass is 16.5. The Morgan fingerprint density at radius 3 is 3.15 bits per heavy atom. The van der Waals surface area contributed by atoms with Crippen LogP contribution in [0.3, 0.4) is 0 Å². The molecule has 0 amide bonds. The fourth-order valence-corrected chi connectivity index (χ4v) is 1.70. The maximum absolute atomic E-state index is 5.86. The van der Waals surface area contributed by atoms with E-state index >= 15 is 0 Å². The van der Waals surface area contributed by atoms with Crippen LogP contribution in [0.2, 0.25) is 0 Å². The molecular formula is C10H16N2O. The van der Waals surface area contributed by atoms with Crippen LogP contribution in [-0.2, 0) is 4.74 Å². The molecule has 0 bridgehead atoms. The molecule has 2 heterocycles. The fourth-order valence-electron chi connectivity index (χ4n) is 1.70. The molecule has 1 fully saturated rings. The summed E-state index contributed by atoms with van der Waals surface area (Å²) in [6, 6.07) is 4.06. The molecule has 13 heavy (non-hydrogen) atoms. The van der Waals surface area contributed by atoms with E-state index in [1.165, 1.54) is 0 Å². The maximum Gasteiger partial charge on any atom is 0.0948 e. The molecule has 0 radical (unpaired) electrons. The lowest BCUT2D eigenvalue weighted by Crippen LogP contribution is -2.18. The maximum atomic E-state index is 5.86. The Kier molecular flexibility index (Phi) is 2.66. The average Bonchev–Trinajstić information content (AvgIpc) is 2.74. The average molecular weight is 180 g/mol. The van der Waals surface area contributed by atoms with Gasteiger partial charge in [-0.25, -0.2) is 0 Å². The second-order valence-corrected chi connectivity index (χ2v) is 3.52. The van der Waals surface area contributed by atoms with Crippen molar-refractivity contribution >= 4 is 0 Å². The van der Waals surface area contributed by atoms with Gasteiger partial charge in [-0.15, -0.1) is 0 Å². The summed E-state index contributed by atoms with van der Waals surface area (Å²) in [5, 5.41) is 3.29. The van der Waals surface area contributed by atoms with Crippen LogP contribution in [0, 0.1) is 0 Å². The van der Waals surface area contributed by atoms with E-state index in [9.17, 15) is 0 Å². The normalized spacial score (nSPS) is 24.8. The third-order valence-corrected chi connectivity index (χ3v) is 2.47. The summed E-state index contributed by atoms with van der Waals surface area (Å²) < 4.78 is 5.86. The number of aromatic amines is 1. The SMILES string of the molecule is C[C@@H](O[C@H]1CCNC1)c1ccc[nH]1. The highest BCUT2D eigenvalue weighted by molar-refractivity contribution is 5.06. The Labute approximate surface area is 78.5 Å². The number of rotatable bonds is 3. The Morgan fingerprint density at radius 2 is 2.54 bits per heavy atom. The van der Waals surface area contributed by atoms with Gasteiger partial charge in [0.05, 0.1) is 12.2 Å². The van der Waals surface area contributed by atoms with Crippen molar-refractivity contribution in [2.45, 2.75) is 25.6 Å². The van der Waals surface area contributed by atoms with Crippen LogP contribution in [0.4, 0.5) is 0 Å². The third kappa shape index (κ3) is 2.11. The molecule has 3 nitrogen and oxygen atoms in total. The van der Waals surface area contributed by atoms with E-state index in [-0.39, 0.29) is 6.10 Å². The molecular weight excluding hydrogens is 164 g/mol. The van der Waals surface area contributed by atoms with Crippen molar-refractivity contribution in [2.75, 3.05) is 13.1 Å². The van der Waals surface area contributed by atoms with Crippen molar-refractivity contribution in [1.82, 2.24) is 10.3 Å². The lowest BCUT2D eigenvalue weighted by atomic mass is 10.2. The van der Waals surface area contributed by atoms with Crippen molar-refractivity contribution in [1.29, 1.82) is 0 Å². The van der Waals surface area contributed by atoms with Crippen LogP contribution in [-0.4, -0.2) is 24.2 Å². The van der Waals surface area contributed by atoms with Gasteiger partial charge < -0.3 is 15.0 Å². The van der Waals surface area contributed by atoms with Crippen LogP contribution in [0.5, 0.6) is 0 Å². The minimum atomic E-state index is 0.180. The summed E-state index contributed by atoms with van der Waals surface area (Å²) in [6.45, 7) is 4.16. The Morgan fingerprint density at radius 1 is 1.62 bits per heavy atom.